The zero-order valence-electron chi connectivity index (χ0n) is 12.0. The van der Waals surface area contributed by atoms with Gasteiger partial charge in [-0.25, -0.2) is 0 Å². The SMILES string of the molecule is CCCc1ccc(C(C)N[C@@H](C)c2cccs2)cc1. The summed E-state index contributed by atoms with van der Waals surface area (Å²) in [6.07, 6.45) is 2.39. The molecule has 19 heavy (non-hydrogen) atoms. The van der Waals surface area contributed by atoms with Gasteiger partial charge in [0, 0.05) is 17.0 Å². The second kappa shape index (κ2) is 6.88. The van der Waals surface area contributed by atoms with Crippen LogP contribution in [0.3, 0.4) is 0 Å². The lowest BCUT2D eigenvalue weighted by atomic mass is 10.0. The van der Waals surface area contributed by atoms with Gasteiger partial charge in [0.15, 0.2) is 0 Å². The first kappa shape index (κ1) is 14.3. The van der Waals surface area contributed by atoms with E-state index in [2.05, 4.69) is 67.9 Å². The van der Waals surface area contributed by atoms with Crippen LogP contribution in [0.5, 0.6) is 0 Å². The summed E-state index contributed by atoms with van der Waals surface area (Å²) in [5, 5.41) is 5.80. The van der Waals surface area contributed by atoms with Crippen LogP contribution in [0, 0.1) is 0 Å². The molecule has 0 amide bonds. The monoisotopic (exact) mass is 273 g/mol. The summed E-state index contributed by atoms with van der Waals surface area (Å²) in [5.74, 6) is 0. The predicted molar refractivity (Wildman–Crippen MR) is 84.7 cm³/mol. The van der Waals surface area contributed by atoms with Crippen molar-refractivity contribution in [3.8, 4) is 0 Å². The first-order valence-corrected chi connectivity index (χ1v) is 7.97. The van der Waals surface area contributed by atoms with Crippen LogP contribution in [-0.4, -0.2) is 0 Å². The van der Waals surface area contributed by atoms with Gasteiger partial charge in [-0.1, -0.05) is 43.7 Å². The average molecular weight is 273 g/mol. The lowest BCUT2D eigenvalue weighted by Gasteiger charge is -2.19. The molecule has 1 unspecified atom stereocenters. The van der Waals surface area contributed by atoms with Crippen LogP contribution in [-0.2, 0) is 6.42 Å². The molecule has 102 valence electrons. The molecule has 1 aromatic carbocycles. The fraction of sp³-hybridized carbons (Fsp3) is 0.412. The maximum Gasteiger partial charge on any atom is 0.0391 e. The Labute approximate surface area is 120 Å². The first-order valence-electron chi connectivity index (χ1n) is 7.09. The van der Waals surface area contributed by atoms with Crippen molar-refractivity contribution in [2.24, 2.45) is 0 Å². The van der Waals surface area contributed by atoms with Gasteiger partial charge in [-0.2, -0.15) is 0 Å². The molecule has 0 fully saturated rings. The summed E-state index contributed by atoms with van der Waals surface area (Å²) >= 11 is 1.81. The van der Waals surface area contributed by atoms with Crippen molar-refractivity contribution >= 4 is 11.3 Å². The molecular formula is C17H23NS. The molecule has 0 aliphatic rings. The van der Waals surface area contributed by atoms with Gasteiger partial charge < -0.3 is 5.32 Å². The summed E-state index contributed by atoms with van der Waals surface area (Å²) in [5.41, 5.74) is 2.80. The summed E-state index contributed by atoms with van der Waals surface area (Å²) < 4.78 is 0. The van der Waals surface area contributed by atoms with E-state index in [1.54, 1.807) is 0 Å². The molecule has 2 rings (SSSR count). The fourth-order valence-electron chi connectivity index (χ4n) is 2.35. The standard InChI is InChI=1S/C17H23NS/c1-4-6-15-8-10-16(11-9-15)13(2)18-14(3)17-7-5-12-19-17/h5,7-14,18H,4,6H2,1-3H3/t13?,14-/m0/s1. The highest BCUT2D eigenvalue weighted by Gasteiger charge is 2.11. The van der Waals surface area contributed by atoms with E-state index in [1.165, 1.54) is 28.8 Å². The van der Waals surface area contributed by atoms with Crippen molar-refractivity contribution in [1.29, 1.82) is 0 Å². The van der Waals surface area contributed by atoms with E-state index in [-0.39, 0.29) is 0 Å². The quantitative estimate of drug-likeness (QED) is 0.771. The van der Waals surface area contributed by atoms with E-state index in [9.17, 15) is 0 Å². The second-order valence-corrected chi connectivity index (χ2v) is 6.10. The molecule has 0 radical (unpaired) electrons. The second-order valence-electron chi connectivity index (χ2n) is 5.12. The van der Waals surface area contributed by atoms with Crippen molar-refractivity contribution in [3.05, 3.63) is 57.8 Å². The number of hydrogen-bond acceptors (Lipinski definition) is 2. The molecule has 0 aliphatic heterocycles. The molecule has 0 saturated heterocycles. The largest absolute Gasteiger partial charge is 0.303 e. The van der Waals surface area contributed by atoms with Gasteiger partial charge in [0.1, 0.15) is 0 Å². The smallest absolute Gasteiger partial charge is 0.0391 e. The molecule has 1 N–H and O–H groups in total. The number of rotatable bonds is 6. The minimum absolute atomic E-state index is 0.382. The van der Waals surface area contributed by atoms with Crippen LogP contribution in [0.2, 0.25) is 0 Å². The minimum Gasteiger partial charge on any atom is -0.303 e. The van der Waals surface area contributed by atoms with E-state index in [0.717, 1.165) is 0 Å². The van der Waals surface area contributed by atoms with Crippen LogP contribution >= 0.6 is 11.3 Å². The predicted octanol–water partition coefficient (Wildman–Crippen LogP) is 5.11. The Balaban J connectivity index is 1.97. The highest BCUT2D eigenvalue weighted by atomic mass is 32.1. The van der Waals surface area contributed by atoms with Crippen molar-refractivity contribution in [3.63, 3.8) is 0 Å². The van der Waals surface area contributed by atoms with E-state index in [1.807, 2.05) is 11.3 Å². The van der Waals surface area contributed by atoms with Crippen LogP contribution in [0.25, 0.3) is 0 Å². The summed E-state index contributed by atoms with van der Waals surface area (Å²) in [7, 11) is 0. The Hall–Kier alpha value is -1.12. The number of nitrogens with one attached hydrogen (secondary N) is 1. The molecule has 1 nitrogen and oxygen atoms in total. The minimum atomic E-state index is 0.382. The fourth-order valence-corrected chi connectivity index (χ4v) is 3.10. The van der Waals surface area contributed by atoms with Gasteiger partial charge in [0.05, 0.1) is 0 Å². The third-order valence-electron chi connectivity index (χ3n) is 3.49. The van der Waals surface area contributed by atoms with Gasteiger partial charge in [-0.3, -0.25) is 0 Å². The Morgan fingerprint density at radius 3 is 2.37 bits per heavy atom. The van der Waals surface area contributed by atoms with Crippen LogP contribution in [0.1, 0.15) is 55.3 Å². The third kappa shape index (κ3) is 3.92. The van der Waals surface area contributed by atoms with Gasteiger partial charge in [0.2, 0.25) is 0 Å². The summed E-state index contributed by atoms with van der Waals surface area (Å²) in [4.78, 5) is 1.40. The van der Waals surface area contributed by atoms with E-state index in [4.69, 9.17) is 0 Å². The summed E-state index contributed by atoms with van der Waals surface area (Å²) in [6.45, 7) is 6.69. The number of benzene rings is 1. The van der Waals surface area contributed by atoms with Crippen molar-refractivity contribution in [2.45, 2.75) is 45.7 Å². The normalized spacial score (nSPS) is 14.3. The topological polar surface area (TPSA) is 12.0 Å². The highest BCUT2D eigenvalue weighted by Crippen LogP contribution is 2.23. The molecule has 2 atom stereocenters. The van der Waals surface area contributed by atoms with Gasteiger partial charge in [0.25, 0.3) is 0 Å². The number of aryl methyl sites for hydroxylation is 1. The van der Waals surface area contributed by atoms with Gasteiger partial charge in [-0.15, -0.1) is 11.3 Å². The number of hydrogen-bond donors (Lipinski definition) is 1. The molecule has 2 aromatic rings. The molecule has 0 bridgehead atoms. The first-order chi connectivity index (χ1) is 9.20. The zero-order valence-corrected chi connectivity index (χ0v) is 12.8. The molecule has 1 heterocycles. The Morgan fingerprint density at radius 1 is 1.05 bits per heavy atom. The molecule has 2 heteroatoms. The average Bonchev–Trinajstić information content (AvgIpc) is 2.94. The van der Waals surface area contributed by atoms with Crippen LogP contribution < -0.4 is 5.32 Å². The van der Waals surface area contributed by atoms with Gasteiger partial charge in [-0.05, 0) is 42.8 Å². The molecule has 0 spiro atoms. The molecule has 0 saturated carbocycles. The lowest BCUT2D eigenvalue weighted by molar-refractivity contribution is 0.500. The third-order valence-corrected chi connectivity index (χ3v) is 4.54. The zero-order chi connectivity index (χ0) is 13.7. The van der Waals surface area contributed by atoms with Crippen molar-refractivity contribution < 1.29 is 0 Å². The Bertz CT molecular complexity index is 472. The summed E-state index contributed by atoms with van der Waals surface area (Å²) in [6, 6.07) is 14.1. The van der Waals surface area contributed by atoms with E-state index in [0.29, 0.717) is 12.1 Å². The molecule has 0 aliphatic carbocycles. The molecule has 1 aromatic heterocycles. The van der Waals surface area contributed by atoms with Crippen molar-refractivity contribution in [1.82, 2.24) is 5.32 Å². The van der Waals surface area contributed by atoms with E-state index < -0.39 is 0 Å². The van der Waals surface area contributed by atoms with E-state index >= 15 is 0 Å². The number of thiophene rings is 1. The maximum atomic E-state index is 3.66. The molecular weight excluding hydrogens is 250 g/mol. The Morgan fingerprint density at radius 2 is 1.79 bits per heavy atom. The Kier molecular flexibility index (Phi) is 5.17. The maximum absolute atomic E-state index is 3.66. The van der Waals surface area contributed by atoms with Gasteiger partial charge >= 0.3 is 0 Å². The van der Waals surface area contributed by atoms with Crippen LogP contribution in [0.4, 0.5) is 0 Å². The van der Waals surface area contributed by atoms with Crippen molar-refractivity contribution in [2.75, 3.05) is 0 Å². The lowest BCUT2D eigenvalue weighted by Crippen LogP contribution is -2.21. The van der Waals surface area contributed by atoms with Crippen LogP contribution in [0.15, 0.2) is 41.8 Å². The highest BCUT2D eigenvalue weighted by molar-refractivity contribution is 7.10.